The van der Waals surface area contributed by atoms with Gasteiger partial charge in [0, 0.05) is 6.42 Å². The summed E-state index contributed by atoms with van der Waals surface area (Å²) in [6.07, 6.45) is 7.62. The SMILES string of the molecule is CC(C)(C)c1ccc(C2=CC=C(F)CC=C2)cc1. The molecule has 18 heavy (non-hydrogen) atoms. The summed E-state index contributed by atoms with van der Waals surface area (Å²) in [5.41, 5.74) is 3.66. The molecule has 0 fully saturated rings. The van der Waals surface area contributed by atoms with Crippen LogP contribution < -0.4 is 0 Å². The van der Waals surface area contributed by atoms with E-state index in [0.717, 1.165) is 11.1 Å². The van der Waals surface area contributed by atoms with Crippen LogP contribution in [0, 0.1) is 0 Å². The van der Waals surface area contributed by atoms with Gasteiger partial charge >= 0.3 is 0 Å². The van der Waals surface area contributed by atoms with E-state index in [1.807, 2.05) is 18.2 Å². The van der Waals surface area contributed by atoms with Gasteiger partial charge in [-0.1, -0.05) is 63.3 Å². The number of hydrogen-bond acceptors (Lipinski definition) is 0. The first kappa shape index (κ1) is 12.8. The van der Waals surface area contributed by atoms with Gasteiger partial charge in [-0.2, -0.15) is 0 Å². The highest BCUT2D eigenvalue weighted by molar-refractivity contribution is 5.76. The van der Waals surface area contributed by atoms with Crippen LogP contribution in [0.2, 0.25) is 0 Å². The topological polar surface area (TPSA) is 0 Å². The van der Waals surface area contributed by atoms with Crippen LogP contribution in [0.3, 0.4) is 0 Å². The van der Waals surface area contributed by atoms with E-state index < -0.39 is 0 Å². The van der Waals surface area contributed by atoms with Crippen molar-refractivity contribution in [3.63, 3.8) is 0 Å². The molecular weight excluding hydrogens is 223 g/mol. The summed E-state index contributed by atoms with van der Waals surface area (Å²) in [4.78, 5) is 0. The molecule has 1 aliphatic carbocycles. The Morgan fingerprint density at radius 3 is 2.28 bits per heavy atom. The predicted octanol–water partition coefficient (Wildman–Crippen LogP) is 5.18. The standard InChI is InChI=1S/C17H19F/c1-17(2,3)15-10-7-14(8-11-15)13-5-4-6-16(18)12-9-13/h4-5,7-12H,6H2,1-3H3. The van der Waals surface area contributed by atoms with Gasteiger partial charge in [-0.3, -0.25) is 0 Å². The summed E-state index contributed by atoms with van der Waals surface area (Å²) < 4.78 is 13.1. The maximum atomic E-state index is 13.1. The van der Waals surface area contributed by atoms with Gasteiger partial charge in [0.25, 0.3) is 0 Å². The molecule has 1 aromatic rings. The Kier molecular flexibility index (Phi) is 3.51. The van der Waals surface area contributed by atoms with Crippen molar-refractivity contribution in [3.8, 4) is 0 Å². The second kappa shape index (κ2) is 4.93. The molecule has 1 heteroatoms. The first-order chi connectivity index (χ1) is 8.47. The van der Waals surface area contributed by atoms with Crippen LogP contribution >= 0.6 is 0 Å². The maximum absolute atomic E-state index is 13.1. The molecule has 0 unspecified atom stereocenters. The number of benzene rings is 1. The van der Waals surface area contributed by atoms with Gasteiger partial charge < -0.3 is 0 Å². The molecule has 0 aromatic heterocycles. The van der Waals surface area contributed by atoms with E-state index in [9.17, 15) is 4.39 Å². The van der Waals surface area contributed by atoms with Gasteiger partial charge in [0.15, 0.2) is 0 Å². The molecule has 0 nitrogen and oxygen atoms in total. The highest BCUT2D eigenvalue weighted by Crippen LogP contribution is 2.26. The van der Waals surface area contributed by atoms with Crippen molar-refractivity contribution in [3.05, 3.63) is 65.5 Å². The van der Waals surface area contributed by atoms with Crippen LogP contribution in [-0.2, 0) is 5.41 Å². The molecular formula is C17H19F. The van der Waals surface area contributed by atoms with Crippen molar-refractivity contribution >= 4 is 5.57 Å². The molecule has 0 heterocycles. The second-order valence-corrected chi connectivity index (χ2v) is 5.67. The number of hydrogen-bond donors (Lipinski definition) is 0. The molecule has 0 radical (unpaired) electrons. The van der Waals surface area contributed by atoms with Crippen LogP contribution in [-0.4, -0.2) is 0 Å². The van der Waals surface area contributed by atoms with Gasteiger partial charge in [0.05, 0.1) is 0 Å². The minimum absolute atomic E-state index is 0.0902. The average molecular weight is 242 g/mol. The molecule has 0 N–H and O–H groups in total. The second-order valence-electron chi connectivity index (χ2n) is 5.67. The molecule has 1 aromatic carbocycles. The lowest BCUT2D eigenvalue weighted by Crippen LogP contribution is -2.10. The average Bonchev–Trinajstić information content (AvgIpc) is 2.53. The molecule has 0 saturated carbocycles. The first-order valence-corrected chi connectivity index (χ1v) is 6.30. The Hall–Kier alpha value is -1.63. The van der Waals surface area contributed by atoms with Gasteiger partial charge in [0.2, 0.25) is 0 Å². The minimum Gasteiger partial charge on any atom is -0.211 e. The van der Waals surface area contributed by atoms with Crippen molar-refractivity contribution in [1.82, 2.24) is 0 Å². The summed E-state index contributed by atoms with van der Waals surface area (Å²) in [5, 5.41) is 0. The predicted molar refractivity (Wildman–Crippen MR) is 76.1 cm³/mol. The Morgan fingerprint density at radius 2 is 1.67 bits per heavy atom. The summed E-state index contributed by atoms with van der Waals surface area (Å²) in [6, 6.07) is 8.51. The van der Waals surface area contributed by atoms with E-state index in [4.69, 9.17) is 0 Å². The van der Waals surface area contributed by atoms with Crippen LogP contribution in [0.15, 0.2) is 54.4 Å². The molecule has 0 atom stereocenters. The molecule has 0 amide bonds. The zero-order valence-corrected chi connectivity index (χ0v) is 11.2. The number of halogens is 1. The van der Waals surface area contributed by atoms with Crippen LogP contribution in [0.1, 0.15) is 38.3 Å². The zero-order chi connectivity index (χ0) is 13.2. The fraction of sp³-hybridized carbons (Fsp3) is 0.294. The number of rotatable bonds is 1. The Morgan fingerprint density at radius 1 is 1.00 bits per heavy atom. The highest BCUT2D eigenvalue weighted by Gasteiger charge is 2.13. The first-order valence-electron chi connectivity index (χ1n) is 6.30. The van der Waals surface area contributed by atoms with Crippen LogP contribution in [0.4, 0.5) is 4.39 Å². The lowest BCUT2D eigenvalue weighted by molar-refractivity contribution is 0.590. The van der Waals surface area contributed by atoms with Crippen molar-refractivity contribution in [2.75, 3.05) is 0 Å². The van der Waals surface area contributed by atoms with Gasteiger partial charge in [-0.15, -0.1) is 0 Å². The third kappa shape index (κ3) is 2.98. The maximum Gasteiger partial charge on any atom is 0.104 e. The Labute approximate surface area is 109 Å². The van der Waals surface area contributed by atoms with E-state index in [0.29, 0.717) is 6.42 Å². The molecule has 0 spiro atoms. The quantitative estimate of drug-likeness (QED) is 0.636. The molecule has 0 aliphatic heterocycles. The molecule has 2 rings (SSSR count). The summed E-state index contributed by atoms with van der Waals surface area (Å²) in [7, 11) is 0. The van der Waals surface area contributed by atoms with Crippen molar-refractivity contribution < 1.29 is 4.39 Å². The van der Waals surface area contributed by atoms with Crippen LogP contribution in [0.5, 0.6) is 0 Å². The van der Waals surface area contributed by atoms with Gasteiger partial charge in [0.1, 0.15) is 5.83 Å². The van der Waals surface area contributed by atoms with Gasteiger partial charge in [-0.05, 0) is 28.2 Å². The van der Waals surface area contributed by atoms with E-state index in [2.05, 4.69) is 45.0 Å². The lowest BCUT2D eigenvalue weighted by Gasteiger charge is -2.19. The van der Waals surface area contributed by atoms with Crippen LogP contribution in [0.25, 0.3) is 5.57 Å². The highest BCUT2D eigenvalue weighted by atomic mass is 19.1. The normalized spacial score (nSPS) is 16.0. The lowest BCUT2D eigenvalue weighted by atomic mass is 9.86. The molecule has 94 valence electrons. The van der Waals surface area contributed by atoms with Crippen molar-refractivity contribution in [1.29, 1.82) is 0 Å². The smallest absolute Gasteiger partial charge is 0.104 e. The van der Waals surface area contributed by atoms with E-state index in [-0.39, 0.29) is 11.2 Å². The third-order valence-corrected chi connectivity index (χ3v) is 3.14. The van der Waals surface area contributed by atoms with E-state index >= 15 is 0 Å². The summed E-state index contributed by atoms with van der Waals surface area (Å²) in [6.45, 7) is 6.60. The largest absolute Gasteiger partial charge is 0.211 e. The zero-order valence-electron chi connectivity index (χ0n) is 11.2. The fourth-order valence-electron chi connectivity index (χ4n) is 1.96. The Balaban J connectivity index is 2.30. The molecule has 0 saturated heterocycles. The number of allylic oxidation sites excluding steroid dienone is 6. The van der Waals surface area contributed by atoms with Crippen molar-refractivity contribution in [2.24, 2.45) is 0 Å². The third-order valence-electron chi connectivity index (χ3n) is 3.14. The minimum atomic E-state index is -0.0902. The van der Waals surface area contributed by atoms with E-state index in [1.54, 1.807) is 6.08 Å². The summed E-state index contributed by atoms with van der Waals surface area (Å²) in [5.74, 6) is -0.0902. The van der Waals surface area contributed by atoms with E-state index in [1.165, 1.54) is 5.56 Å². The fourth-order valence-corrected chi connectivity index (χ4v) is 1.96. The molecule has 1 aliphatic rings. The Bertz CT molecular complexity index is 508. The summed E-state index contributed by atoms with van der Waals surface area (Å²) >= 11 is 0. The monoisotopic (exact) mass is 242 g/mol. The molecule has 0 bridgehead atoms. The van der Waals surface area contributed by atoms with Crippen molar-refractivity contribution in [2.45, 2.75) is 32.6 Å². The van der Waals surface area contributed by atoms with Gasteiger partial charge in [-0.25, -0.2) is 4.39 Å².